The third-order valence-corrected chi connectivity index (χ3v) is 8.30. The maximum absolute atomic E-state index is 12.9. The van der Waals surface area contributed by atoms with Crippen molar-refractivity contribution in [1.82, 2.24) is 14.6 Å². The van der Waals surface area contributed by atoms with Crippen LogP contribution in [0.2, 0.25) is 0 Å². The number of carbonyl (C=O) groups excluding carboxylic acids is 1. The first kappa shape index (κ1) is 21.9. The van der Waals surface area contributed by atoms with Crippen LogP contribution in [0.3, 0.4) is 0 Å². The number of hydrogen-bond donors (Lipinski definition) is 4. The molecule has 9 nitrogen and oxygen atoms in total. The van der Waals surface area contributed by atoms with Crippen molar-refractivity contribution in [2.24, 2.45) is 5.73 Å². The van der Waals surface area contributed by atoms with Crippen LogP contribution >= 0.6 is 11.3 Å². The van der Waals surface area contributed by atoms with Crippen LogP contribution in [0.1, 0.15) is 17.5 Å². The minimum absolute atomic E-state index is 0.0914. The fourth-order valence-electron chi connectivity index (χ4n) is 3.49. The number of sulfonamides is 1. The normalized spacial score (nSPS) is 16.4. The number of amidine groups is 1. The number of pyridine rings is 1. The molecule has 1 amide bonds. The van der Waals surface area contributed by atoms with Crippen molar-refractivity contribution in [3.63, 3.8) is 0 Å². The molecule has 0 bridgehead atoms. The minimum atomic E-state index is -3.85. The number of hydrogen-bond acceptors (Lipinski definition) is 7. The Labute approximate surface area is 189 Å². The van der Waals surface area contributed by atoms with E-state index >= 15 is 0 Å². The molecule has 0 aliphatic carbocycles. The first-order chi connectivity index (χ1) is 15.2. The van der Waals surface area contributed by atoms with Crippen LogP contribution in [-0.4, -0.2) is 42.6 Å². The van der Waals surface area contributed by atoms with E-state index in [1.54, 1.807) is 47.6 Å². The van der Waals surface area contributed by atoms with Gasteiger partial charge in [0.05, 0.1) is 0 Å². The summed E-state index contributed by atoms with van der Waals surface area (Å²) < 4.78 is 28.4. The van der Waals surface area contributed by atoms with Gasteiger partial charge < -0.3 is 16.4 Å². The molecule has 3 heterocycles. The number of nitrogens with two attached hydrogens (primary N) is 2. The minimum Gasteiger partial charge on any atom is -0.398 e. The van der Waals surface area contributed by atoms with Crippen molar-refractivity contribution in [3.05, 3.63) is 66.0 Å². The monoisotopic (exact) mass is 470 g/mol. The van der Waals surface area contributed by atoms with Gasteiger partial charge in [0.25, 0.3) is 10.0 Å². The second-order valence-electron chi connectivity index (χ2n) is 7.41. The van der Waals surface area contributed by atoms with Crippen LogP contribution in [-0.2, 0) is 21.4 Å². The molecule has 1 fully saturated rings. The number of anilines is 1. The van der Waals surface area contributed by atoms with E-state index in [1.165, 1.54) is 6.07 Å². The number of likely N-dealkylation sites (tertiary alicyclic amines) is 1. The largest absolute Gasteiger partial charge is 0.398 e. The molecule has 1 aliphatic rings. The fourth-order valence-corrected chi connectivity index (χ4v) is 6.03. The molecule has 1 aliphatic heterocycles. The molecule has 3 aromatic rings. The van der Waals surface area contributed by atoms with Crippen molar-refractivity contribution < 1.29 is 13.2 Å². The van der Waals surface area contributed by atoms with E-state index in [0.29, 0.717) is 29.8 Å². The Bertz CT molecular complexity index is 1270. The highest BCUT2D eigenvalue weighted by molar-refractivity contribution is 7.91. The molecule has 0 radical (unpaired) electrons. The third kappa shape index (κ3) is 4.49. The first-order valence-corrected chi connectivity index (χ1v) is 12.1. The first-order valence-electron chi connectivity index (χ1n) is 9.79. The van der Waals surface area contributed by atoms with Gasteiger partial charge in [0.1, 0.15) is 16.1 Å². The molecule has 0 saturated carbocycles. The number of nitrogen functional groups attached to an aromatic ring is 2. The van der Waals surface area contributed by atoms with Gasteiger partial charge in [-0.25, -0.2) is 8.42 Å². The number of thiophene rings is 1. The molecule has 166 valence electrons. The van der Waals surface area contributed by atoms with E-state index in [4.69, 9.17) is 16.9 Å². The Morgan fingerprint density at radius 3 is 2.81 bits per heavy atom. The molecule has 1 unspecified atom stereocenters. The van der Waals surface area contributed by atoms with Gasteiger partial charge in [-0.05, 0) is 48.4 Å². The molecular weight excluding hydrogens is 448 g/mol. The van der Waals surface area contributed by atoms with Crippen LogP contribution in [0, 0.1) is 5.41 Å². The van der Waals surface area contributed by atoms with E-state index < -0.39 is 16.1 Å². The van der Waals surface area contributed by atoms with Crippen molar-refractivity contribution in [3.8, 4) is 10.4 Å². The van der Waals surface area contributed by atoms with Gasteiger partial charge in [0.2, 0.25) is 5.91 Å². The standard InChI is InChI=1S/C21H22N6O3S2/c22-16-4-3-13(20(23)24)10-15(16)12-27-9-7-17(21(27)28)26-32(29,30)19-6-5-18(31-19)14-2-1-8-25-11-14/h1-6,8,10-11,17,26H,7,9,12,22H2,(H3,23,24). The summed E-state index contributed by atoms with van der Waals surface area (Å²) in [6, 6.07) is 11.0. The Morgan fingerprint density at radius 2 is 2.09 bits per heavy atom. The molecule has 6 N–H and O–H groups in total. The molecule has 32 heavy (non-hydrogen) atoms. The van der Waals surface area contributed by atoms with Crippen LogP contribution < -0.4 is 16.2 Å². The van der Waals surface area contributed by atoms with Gasteiger partial charge in [-0.1, -0.05) is 6.07 Å². The average Bonchev–Trinajstić information content (AvgIpc) is 3.39. The van der Waals surface area contributed by atoms with Gasteiger partial charge >= 0.3 is 0 Å². The van der Waals surface area contributed by atoms with Crippen molar-refractivity contribution in [2.75, 3.05) is 12.3 Å². The quantitative estimate of drug-likeness (QED) is 0.234. The zero-order chi connectivity index (χ0) is 22.9. The second-order valence-corrected chi connectivity index (χ2v) is 10.4. The average molecular weight is 471 g/mol. The Kier molecular flexibility index (Phi) is 5.96. The van der Waals surface area contributed by atoms with Gasteiger partial charge in [0, 0.05) is 47.2 Å². The van der Waals surface area contributed by atoms with E-state index in [-0.39, 0.29) is 22.5 Å². The smallest absolute Gasteiger partial charge is 0.250 e. The molecule has 2 aromatic heterocycles. The molecule has 1 saturated heterocycles. The van der Waals surface area contributed by atoms with Gasteiger partial charge in [-0.3, -0.25) is 15.2 Å². The lowest BCUT2D eigenvalue weighted by atomic mass is 10.1. The van der Waals surface area contributed by atoms with Gasteiger partial charge in [0.15, 0.2) is 0 Å². The predicted octanol–water partition coefficient (Wildman–Crippen LogP) is 1.76. The van der Waals surface area contributed by atoms with E-state index in [0.717, 1.165) is 21.8 Å². The summed E-state index contributed by atoms with van der Waals surface area (Å²) in [5.74, 6) is -0.406. The zero-order valence-corrected chi connectivity index (χ0v) is 18.6. The lowest BCUT2D eigenvalue weighted by Gasteiger charge is -2.19. The van der Waals surface area contributed by atoms with Crippen LogP contribution in [0.4, 0.5) is 5.69 Å². The maximum atomic E-state index is 12.9. The Balaban J connectivity index is 1.46. The molecular formula is C21H22N6O3S2. The number of benzene rings is 1. The van der Waals surface area contributed by atoms with E-state index in [2.05, 4.69) is 9.71 Å². The lowest BCUT2D eigenvalue weighted by Crippen LogP contribution is -2.41. The summed E-state index contributed by atoms with van der Waals surface area (Å²) in [5.41, 5.74) is 14.0. The highest BCUT2D eigenvalue weighted by Crippen LogP contribution is 2.30. The summed E-state index contributed by atoms with van der Waals surface area (Å²) in [5, 5.41) is 7.57. The molecule has 1 atom stereocenters. The zero-order valence-electron chi connectivity index (χ0n) is 17.0. The second kappa shape index (κ2) is 8.69. The number of nitrogens with zero attached hydrogens (tertiary/aromatic N) is 2. The van der Waals surface area contributed by atoms with Crippen molar-refractivity contribution in [2.45, 2.75) is 23.2 Å². The molecule has 11 heteroatoms. The van der Waals surface area contributed by atoms with E-state index in [9.17, 15) is 13.2 Å². The predicted molar refractivity (Wildman–Crippen MR) is 124 cm³/mol. The summed E-state index contributed by atoms with van der Waals surface area (Å²) in [6.45, 7) is 0.606. The number of nitrogens with one attached hydrogen (secondary N) is 2. The maximum Gasteiger partial charge on any atom is 0.250 e. The van der Waals surface area contributed by atoms with Crippen molar-refractivity contribution in [1.29, 1.82) is 5.41 Å². The highest BCUT2D eigenvalue weighted by Gasteiger charge is 2.35. The molecule has 4 rings (SSSR count). The highest BCUT2D eigenvalue weighted by atomic mass is 32.2. The molecule has 1 aromatic carbocycles. The van der Waals surface area contributed by atoms with E-state index in [1.807, 2.05) is 6.07 Å². The molecule has 0 spiro atoms. The summed E-state index contributed by atoms with van der Waals surface area (Å²) in [6.07, 6.45) is 3.67. The van der Waals surface area contributed by atoms with Crippen LogP contribution in [0.15, 0.2) is 59.1 Å². The lowest BCUT2D eigenvalue weighted by molar-refractivity contribution is -0.129. The number of aromatic nitrogens is 1. The van der Waals surface area contributed by atoms with Crippen LogP contribution in [0.25, 0.3) is 10.4 Å². The third-order valence-electron chi connectivity index (χ3n) is 5.20. The SMILES string of the molecule is N=C(N)c1ccc(N)c(CN2CCC(NS(=O)(=O)c3ccc(-c4cccnc4)s3)C2=O)c1. The summed E-state index contributed by atoms with van der Waals surface area (Å²) in [7, 11) is -3.85. The summed E-state index contributed by atoms with van der Waals surface area (Å²) in [4.78, 5) is 19.2. The summed E-state index contributed by atoms with van der Waals surface area (Å²) >= 11 is 1.12. The number of amides is 1. The van der Waals surface area contributed by atoms with Gasteiger partial charge in [-0.15, -0.1) is 11.3 Å². The fraction of sp³-hybridized carbons (Fsp3) is 0.190. The number of carbonyl (C=O) groups is 1. The van der Waals surface area contributed by atoms with Crippen LogP contribution in [0.5, 0.6) is 0 Å². The topological polar surface area (TPSA) is 155 Å². The van der Waals surface area contributed by atoms with Gasteiger partial charge in [-0.2, -0.15) is 4.72 Å². The Morgan fingerprint density at radius 1 is 1.28 bits per heavy atom. The number of rotatable bonds is 7. The Hall–Kier alpha value is -3.28. The van der Waals surface area contributed by atoms with Crippen molar-refractivity contribution >= 4 is 38.8 Å².